The Morgan fingerprint density at radius 2 is 1.73 bits per heavy atom. The molecule has 0 fully saturated rings. The van der Waals surface area contributed by atoms with Gasteiger partial charge in [-0.1, -0.05) is 55.5 Å². The Bertz CT molecular complexity index is 1430. The molecule has 0 aliphatic carbocycles. The maximum atomic E-state index is 13.6. The van der Waals surface area contributed by atoms with Gasteiger partial charge >= 0.3 is 5.69 Å². The van der Waals surface area contributed by atoms with E-state index in [-0.39, 0.29) is 11.2 Å². The maximum Gasteiger partial charge on any atom is 0.332 e. The van der Waals surface area contributed by atoms with Gasteiger partial charge in [0, 0.05) is 32.4 Å². The van der Waals surface area contributed by atoms with Gasteiger partial charge < -0.3 is 9.47 Å². The van der Waals surface area contributed by atoms with Gasteiger partial charge in [0.05, 0.1) is 0 Å². The van der Waals surface area contributed by atoms with E-state index in [4.69, 9.17) is 4.98 Å². The summed E-state index contributed by atoms with van der Waals surface area (Å²) < 4.78 is 4.90. The second kappa shape index (κ2) is 8.39. The van der Waals surface area contributed by atoms with Crippen molar-refractivity contribution >= 4 is 22.8 Å². The van der Waals surface area contributed by atoms with Crippen molar-refractivity contribution in [3.8, 4) is 0 Å². The van der Waals surface area contributed by atoms with E-state index in [1.807, 2.05) is 34.9 Å². The Morgan fingerprint density at radius 3 is 2.48 bits per heavy atom. The first kappa shape index (κ1) is 21.2. The zero-order valence-corrected chi connectivity index (χ0v) is 19.4. The van der Waals surface area contributed by atoms with E-state index >= 15 is 0 Å². The van der Waals surface area contributed by atoms with Crippen molar-refractivity contribution in [1.29, 1.82) is 0 Å². The van der Waals surface area contributed by atoms with Gasteiger partial charge in [-0.25, -0.2) is 4.79 Å². The fourth-order valence-corrected chi connectivity index (χ4v) is 4.86. The van der Waals surface area contributed by atoms with Gasteiger partial charge in [0.2, 0.25) is 5.95 Å². The number of aryl methyl sites for hydroxylation is 3. The van der Waals surface area contributed by atoms with Crippen molar-refractivity contribution in [3.05, 3.63) is 86.6 Å². The molecule has 0 saturated heterocycles. The van der Waals surface area contributed by atoms with Crippen LogP contribution >= 0.6 is 0 Å². The minimum Gasteiger partial charge on any atom is -0.311 e. The number of rotatable bonds is 5. The predicted molar refractivity (Wildman–Crippen MR) is 131 cm³/mol. The van der Waals surface area contributed by atoms with E-state index < -0.39 is 0 Å². The number of imidazole rings is 1. The number of anilines is 2. The minimum absolute atomic E-state index is 0.251. The van der Waals surface area contributed by atoms with Crippen LogP contribution < -0.4 is 16.1 Å². The first-order chi connectivity index (χ1) is 16.0. The predicted octanol–water partition coefficient (Wildman–Crippen LogP) is 3.63. The Labute approximate surface area is 192 Å². The lowest BCUT2D eigenvalue weighted by Crippen LogP contribution is -2.40. The molecule has 0 unspecified atom stereocenters. The van der Waals surface area contributed by atoms with Crippen LogP contribution in [0.5, 0.6) is 0 Å². The third kappa shape index (κ3) is 3.67. The van der Waals surface area contributed by atoms with Gasteiger partial charge in [-0.2, -0.15) is 4.98 Å². The van der Waals surface area contributed by atoms with E-state index in [2.05, 4.69) is 43.0 Å². The molecule has 1 aliphatic heterocycles. The standard InChI is InChI=1S/C26H29N5O2/c1-18-16-30(21-14-8-7-10-19(21)2)25-27-23-22(31(25)17-18)24(32)29(26(33)28(23)3)15-9-13-20-11-5-4-6-12-20/h4-8,10-12,14,18H,9,13,15-17H2,1-3H3/t18-/m1/s1. The summed E-state index contributed by atoms with van der Waals surface area (Å²) in [6.45, 7) is 6.16. The molecule has 4 aromatic rings. The molecule has 1 aliphatic rings. The van der Waals surface area contributed by atoms with Gasteiger partial charge in [0.15, 0.2) is 11.2 Å². The van der Waals surface area contributed by atoms with E-state index in [1.165, 1.54) is 14.7 Å². The van der Waals surface area contributed by atoms with Crippen molar-refractivity contribution in [2.24, 2.45) is 13.0 Å². The number of hydrogen-bond acceptors (Lipinski definition) is 4. The number of hydrogen-bond donors (Lipinski definition) is 0. The van der Waals surface area contributed by atoms with Crippen LogP contribution in [0.3, 0.4) is 0 Å². The van der Waals surface area contributed by atoms with Crippen molar-refractivity contribution in [2.45, 2.75) is 39.8 Å². The Balaban J connectivity index is 1.59. The molecule has 0 bridgehead atoms. The smallest absolute Gasteiger partial charge is 0.311 e. The van der Waals surface area contributed by atoms with Crippen molar-refractivity contribution in [2.75, 3.05) is 11.4 Å². The molecule has 2 aromatic heterocycles. The van der Waals surface area contributed by atoms with Crippen LogP contribution in [0.2, 0.25) is 0 Å². The molecule has 1 atom stereocenters. The monoisotopic (exact) mass is 443 g/mol. The molecule has 170 valence electrons. The molecular weight excluding hydrogens is 414 g/mol. The number of fused-ring (bicyclic) bond motifs is 3. The molecule has 2 aromatic carbocycles. The largest absolute Gasteiger partial charge is 0.332 e. The third-order valence-electron chi connectivity index (χ3n) is 6.54. The highest BCUT2D eigenvalue weighted by atomic mass is 16.2. The lowest BCUT2D eigenvalue weighted by atomic mass is 10.1. The van der Waals surface area contributed by atoms with Crippen LogP contribution in [0.25, 0.3) is 11.2 Å². The first-order valence-corrected chi connectivity index (χ1v) is 11.5. The van der Waals surface area contributed by atoms with Crippen molar-refractivity contribution < 1.29 is 0 Å². The minimum atomic E-state index is -0.313. The summed E-state index contributed by atoms with van der Waals surface area (Å²) >= 11 is 0. The van der Waals surface area contributed by atoms with Gasteiger partial charge in [0.25, 0.3) is 5.56 Å². The lowest BCUT2D eigenvalue weighted by molar-refractivity contribution is 0.457. The summed E-state index contributed by atoms with van der Waals surface area (Å²) in [5.74, 6) is 1.06. The molecule has 33 heavy (non-hydrogen) atoms. The number of aromatic nitrogens is 4. The summed E-state index contributed by atoms with van der Waals surface area (Å²) in [6.07, 6.45) is 1.54. The summed E-state index contributed by atoms with van der Waals surface area (Å²) in [5, 5.41) is 0. The highest BCUT2D eigenvalue weighted by Gasteiger charge is 2.30. The van der Waals surface area contributed by atoms with Crippen molar-refractivity contribution in [1.82, 2.24) is 18.7 Å². The molecule has 5 rings (SSSR count). The van der Waals surface area contributed by atoms with Crippen LogP contribution in [0, 0.1) is 12.8 Å². The molecule has 0 saturated carbocycles. The quantitative estimate of drug-likeness (QED) is 0.473. The number of nitrogens with zero attached hydrogens (tertiary/aromatic N) is 5. The van der Waals surface area contributed by atoms with Gasteiger partial charge in [-0.3, -0.25) is 13.9 Å². The second-order valence-corrected chi connectivity index (χ2v) is 9.08. The zero-order valence-electron chi connectivity index (χ0n) is 19.4. The Hall–Kier alpha value is -3.61. The van der Waals surface area contributed by atoms with Crippen LogP contribution in [0.15, 0.2) is 64.2 Å². The van der Waals surface area contributed by atoms with Crippen LogP contribution in [0.4, 0.5) is 11.6 Å². The average molecular weight is 444 g/mol. The van der Waals surface area contributed by atoms with Crippen LogP contribution in [-0.4, -0.2) is 25.2 Å². The summed E-state index contributed by atoms with van der Waals surface area (Å²) in [5.41, 5.74) is 3.83. The number of para-hydroxylation sites is 1. The van der Waals surface area contributed by atoms with E-state index in [0.29, 0.717) is 30.2 Å². The third-order valence-corrected chi connectivity index (χ3v) is 6.54. The number of benzene rings is 2. The molecule has 0 radical (unpaired) electrons. The van der Waals surface area contributed by atoms with E-state index in [1.54, 1.807) is 7.05 Å². The lowest BCUT2D eigenvalue weighted by Gasteiger charge is -2.33. The SMILES string of the molecule is Cc1ccccc1N1C[C@@H](C)Cn2c1nc1c2c(=O)n(CCCc2ccccc2)c(=O)n1C. The first-order valence-electron chi connectivity index (χ1n) is 11.5. The van der Waals surface area contributed by atoms with E-state index in [9.17, 15) is 9.59 Å². The molecule has 0 amide bonds. The van der Waals surface area contributed by atoms with Crippen molar-refractivity contribution in [3.63, 3.8) is 0 Å². The molecule has 0 N–H and O–H groups in total. The Kier molecular flexibility index (Phi) is 5.40. The van der Waals surface area contributed by atoms with Crippen LogP contribution in [-0.2, 0) is 26.6 Å². The maximum absolute atomic E-state index is 13.6. The van der Waals surface area contributed by atoms with Gasteiger partial charge in [0.1, 0.15) is 0 Å². The summed E-state index contributed by atoms with van der Waals surface area (Å²) in [7, 11) is 1.71. The normalized spacial score (nSPS) is 15.7. The molecule has 3 heterocycles. The molecular formula is C26H29N5O2. The summed E-state index contributed by atoms with van der Waals surface area (Å²) in [4.78, 5) is 33.6. The molecule has 0 spiro atoms. The van der Waals surface area contributed by atoms with Gasteiger partial charge in [-0.15, -0.1) is 0 Å². The zero-order chi connectivity index (χ0) is 23.1. The molecule has 7 nitrogen and oxygen atoms in total. The van der Waals surface area contributed by atoms with Gasteiger partial charge in [-0.05, 0) is 42.9 Å². The fraction of sp³-hybridized carbons (Fsp3) is 0.346. The average Bonchev–Trinajstić information content (AvgIpc) is 3.20. The highest BCUT2D eigenvalue weighted by Crippen LogP contribution is 2.34. The topological polar surface area (TPSA) is 65.1 Å². The summed E-state index contributed by atoms with van der Waals surface area (Å²) in [6, 6.07) is 18.3. The van der Waals surface area contributed by atoms with E-state index in [0.717, 1.165) is 36.6 Å². The van der Waals surface area contributed by atoms with Crippen LogP contribution in [0.1, 0.15) is 24.5 Å². The highest BCUT2D eigenvalue weighted by molar-refractivity contribution is 5.77. The Morgan fingerprint density at radius 1 is 1.00 bits per heavy atom. The second-order valence-electron chi connectivity index (χ2n) is 9.08. The molecule has 7 heteroatoms. The fourth-order valence-electron chi connectivity index (χ4n) is 4.86.